The molecule has 0 aliphatic heterocycles. The number of nitrogens with one attached hydrogen (secondary N) is 3. The fourth-order valence-corrected chi connectivity index (χ4v) is 3.89. The van der Waals surface area contributed by atoms with Crippen molar-refractivity contribution in [3.8, 4) is 11.5 Å². The molecule has 0 aliphatic carbocycles. The fourth-order valence-electron chi connectivity index (χ4n) is 3.89. The second kappa shape index (κ2) is 13.3. The summed E-state index contributed by atoms with van der Waals surface area (Å²) >= 11 is 0. The molecule has 0 heterocycles. The van der Waals surface area contributed by atoms with Crippen LogP contribution in [0.5, 0.6) is 11.5 Å². The summed E-state index contributed by atoms with van der Waals surface area (Å²) in [6.45, 7) is 6.88. The molecule has 0 bridgehead atoms. The van der Waals surface area contributed by atoms with E-state index in [9.17, 15) is 14.4 Å². The van der Waals surface area contributed by atoms with Gasteiger partial charge in [0.25, 0.3) is 17.7 Å². The molecule has 4 aromatic carbocycles. The standard InChI is InChI=1S/C33H33N3O5/c1-33(2,3)25-17-13-23(14-18-25)30(37)34-26-19-15-24(16-20-26)31(38)35-36-32(39)28-11-7-8-12-29(28)41-22-21-40-27-9-5-4-6-10-27/h4-20H,21-22H2,1-3H3,(H,34,37)(H,35,38)(H,36,39). The second-order valence-electron chi connectivity index (χ2n) is 10.3. The van der Waals surface area contributed by atoms with E-state index in [4.69, 9.17) is 9.47 Å². The molecular weight excluding hydrogens is 518 g/mol. The fraction of sp³-hybridized carbons (Fsp3) is 0.182. The first-order chi connectivity index (χ1) is 19.7. The first kappa shape index (κ1) is 28.9. The van der Waals surface area contributed by atoms with Crippen LogP contribution in [0, 0.1) is 0 Å². The van der Waals surface area contributed by atoms with Crippen molar-refractivity contribution in [1.82, 2.24) is 10.9 Å². The minimum Gasteiger partial charge on any atom is -0.490 e. The highest BCUT2D eigenvalue weighted by Gasteiger charge is 2.16. The Morgan fingerprint density at radius 2 is 1.17 bits per heavy atom. The molecule has 4 rings (SSSR count). The maximum atomic E-state index is 12.8. The van der Waals surface area contributed by atoms with Gasteiger partial charge in [-0.25, -0.2) is 0 Å². The average Bonchev–Trinajstić information content (AvgIpc) is 2.98. The Bertz CT molecular complexity index is 1480. The van der Waals surface area contributed by atoms with Gasteiger partial charge in [-0.2, -0.15) is 0 Å². The van der Waals surface area contributed by atoms with Crippen LogP contribution in [0.1, 0.15) is 57.4 Å². The summed E-state index contributed by atoms with van der Waals surface area (Å²) in [4.78, 5) is 38.0. The number of para-hydroxylation sites is 2. The Labute approximate surface area is 239 Å². The molecule has 4 aromatic rings. The van der Waals surface area contributed by atoms with Gasteiger partial charge in [0.2, 0.25) is 0 Å². The smallest absolute Gasteiger partial charge is 0.273 e. The molecule has 0 saturated carbocycles. The van der Waals surface area contributed by atoms with Gasteiger partial charge in [-0.15, -0.1) is 0 Å². The predicted molar refractivity (Wildman–Crippen MR) is 158 cm³/mol. The normalized spacial score (nSPS) is 10.8. The second-order valence-corrected chi connectivity index (χ2v) is 10.3. The first-order valence-corrected chi connectivity index (χ1v) is 13.2. The summed E-state index contributed by atoms with van der Waals surface area (Å²) in [6.07, 6.45) is 0. The molecule has 0 radical (unpaired) electrons. The molecule has 0 atom stereocenters. The Morgan fingerprint density at radius 3 is 1.85 bits per heavy atom. The predicted octanol–water partition coefficient (Wildman–Crippen LogP) is 5.77. The first-order valence-electron chi connectivity index (χ1n) is 13.2. The lowest BCUT2D eigenvalue weighted by atomic mass is 9.87. The minimum absolute atomic E-state index is 0.000106. The van der Waals surface area contributed by atoms with Gasteiger partial charge in [0.15, 0.2) is 0 Å². The number of anilines is 1. The van der Waals surface area contributed by atoms with Crippen molar-refractivity contribution in [2.45, 2.75) is 26.2 Å². The lowest BCUT2D eigenvalue weighted by Crippen LogP contribution is -2.41. The number of hydrogen-bond acceptors (Lipinski definition) is 5. The van der Waals surface area contributed by atoms with E-state index in [1.807, 2.05) is 42.5 Å². The van der Waals surface area contributed by atoms with Crippen molar-refractivity contribution in [1.29, 1.82) is 0 Å². The van der Waals surface area contributed by atoms with E-state index in [-0.39, 0.29) is 23.5 Å². The van der Waals surface area contributed by atoms with Gasteiger partial charge in [-0.3, -0.25) is 25.2 Å². The van der Waals surface area contributed by atoms with E-state index < -0.39 is 11.8 Å². The molecule has 210 valence electrons. The van der Waals surface area contributed by atoms with Crippen LogP contribution in [0.15, 0.2) is 103 Å². The highest BCUT2D eigenvalue weighted by Crippen LogP contribution is 2.23. The van der Waals surface area contributed by atoms with Crippen molar-refractivity contribution in [3.63, 3.8) is 0 Å². The topological polar surface area (TPSA) is 106 Å². The number of rotatable bonds is 9. The zero-order chi connectivity index (χ0) is 29.2. The quantitative estimate of drug-likeness (QED) is 0.181. The Kier molecular flexibility index (Phi) is 9.37. The van der Waals surface area contributed by atoms with Crippen LogP contribution in [0.4, 0.5) is 5.69 Å². The number of hydrazine groups is 1. The molecule has 0 saturated heterocycles. The van der Waals surface area contributed by atoms with Crippen LogP contribution in [-0.2, 0) is 5.41 Å². The van der Waals surface area contributed by atoms with E-state index in [0.29, 0.717) is 29.2 Å². The van der Waals surface area contributed by atoms with Crippen molar-refractivity contribution in [2.75, 3.05) is 18.5 Å². The van der Waals surface area contributed by atoms with E-state index in [1.54, 1.807) is 60.7 Å². The number of carbonyl (C=O) groups is 3. The molecule has 0 spiro atoms. The highest BCUT2D eigenvalue weighted by atomic mass is 16.5. The summed E-state index contributed by atoms with van der Waals surface area (Å²) in [5.41, 5.74) is 7.62. The zero-order valence-corrected chi connectivity index (χ0v) is 23.3. The van der Waals surface area contributed by atoms with E-state index in [0.717, 1.165) is 11.3 Å². The molecule has 3 amide bonds. The van der Waals surface area contributed by atoms with Crippen LogP contribution in [-0.4, -0.2) is 30.9 Å². The number of benzene rings is 4. The van der Waals surface area contributed by atoms with E-state index in [2.05, 4.69) is 36.9 Å². The van der Waals surface area contributed by atoms with Crippen molar-refractivity contribution in [3.05, 3.63) is 125 Å². The molecule has 41 heavy (non-hydrogen) atoms. The molecule has 8 heteroatoms. The third kappa shape index (κ3) is 8.19. The average molecular weight is 552 g/mol. The maximum Gasteiger partial charge on any atom is 0.273 e. The van der Waals surface area contributed by atoms with Gasteiger partial charge in [-0.05, 0) is 71.6 Å². The number of amides is 3. The molecule has 0 fully saturated rings. The lowest BCUT2D eigenvalue weighted by Gasteiger charge is -2.19. The SMILES string of the molecule is CC(C)(C)c1ccc(C(=O)Nc2ccc(C(=O)NNC(=O)c3ccccc3OCCOc3ccccc3)cc2)cc1. The van der Waals surface area contributed by atoms with Gasteiger partial charge < -0.3 is 14.8 Å². The van der Waals surface area contributed by atoms with Crippen LogP contribution < -0.4 is 25.6 Å². The maximum absolute atomic E-state index is 12.8. The summed E-state index contributed by atoms with van der Waals surface area (Å²) in [7, 11) is 0. The largest absolute Gasteiger partial charge is 0.490 e. The third-order valence-electron chi connectivity index (χ3n) is 6.19. The van der Waals surface area contributed by atoms with Gasteiger partial charge in [0, 0.05) is 16.8 Å². The molecule has 0 aromatic heterocycles. The Morgan fingerprint density at radius 1 is 0.610 bits per heavy atom. The number of hydrogen-bond donors (Lipinski definition) is 3. The third-order valence-corrected chi connectivity index (χ3v) is 6.19. The van der Waals surface area contributed by atoms with Crippen LogP contribution in [0.2, 0.25) is 0 Å². The summed E-state index contributed by atoms with van der Waals surface area (Å²) in [5, 5.41) is 2.83. The molecule has 0 unspecified atom stereocenters. The van der Waals surface area contributed by atoms with Gasteiger partial charge >= 0.3 is 0 Å². The van der Waals surface area contributed by atoms with E-state index >= 15 is 0 Å². The van der Waals surface area contributed by atoms with Crippen LogP contribution in [0.3, 0.4) is 0 Å². The molecular formula is C33H33N3O5. The molecule has 8 nitrogen and oxygen atoms in total. The summed E-state index contributed by atoms with van der Waals surface area (Å²) in [6, 6.07) is 29.9. The highest BCUT2D eigenvalue weighted by molar-refractivity contribution is 6.05. The monoisotopic (exact) mass is 551 g/mol. The van der Waals surface area contributed by atoms with Gasteiger partial charge in [-0.1, -0.05) is 63.2 Å². The Hall–Kier alpha value is -5.11. The molecule has 3 N–H and O–H groups in total. The number of carbonyl (C=O) groups excluding carboxylic acids is 3. The van der Waals surface area contributed by atoms with Crippen LogP contribution >= 0.6 is 0 Å². The minimum atomic E-state index is -0.528. The summed E-state index contributed by atoms with van der Waals surface area (Å²) < 4.78 is 11.4. The zero-order valence-electron chi connectivity index (χ0n) is 23.3. The van der Waals surface area contributed by atoms with Crippen molar-refractivity contribution >= 4 is 23.4 Å². The van der Waals surface area contributed by atoms with Crippen LogP contribution in [0.25, 0.3) is 0 Å². The number of ether oxygens (including phenoxy) is 2. The van der Waals surface area contributed by atoms with Gasteiger partial charge in [0.05, 0.1) is 5.56 Å². The van der Waals surface area contributed by atoms with Crippen molar-refractivity contribution in [2.24, 2.45) is 0 Å². The molecule has 0 aliphatic rings. The van der Waals surface area contributed by atoms with Crippen molar-refractivity contribution < 1.29 is 23.9 Å². The Balaban J connectivity index is 1.27. The summed E-state index contributed by atoms with van der Waals surface area (Å²) in [5.74, 6) is -0.194. The van der Waals surface area contributed by atoms with Gasteiger partial charge in [0.1, 0.15) is 24.7 Å². The van der Waals surface area contributed by atoms with E-state index in [1.165, 1.54) is 0 Å². The lowest BCUT2D eigenvalue weighted by molar-refractivity contribution is 0.0844.